The van der Waals surface area contributed by atoms with E-state index >= 15 is 0 Å². The van der Waals surface area contributed by atoms with Crippen molar-refractivity contribution in [3.8, 4) is 0 Å². The quantitative estimate of drug-likeness (QED) is 0.619. The van der Waals surface area contributed by atoms with Gasteiger partial charge in [-0.1, -0.05) is 18.2 Å². The van der Waals surface area contributed by atoms with Gasteiger partial charge in [-0.05, 0) is 37.1 Å². The average molecular weight is 368 g/mol. The third-order valence-corrected chi connectivity index (χ3v) is 4.66. The molecule has 0 radical (unpaired) electrons. The molecular weight excluding hydrogens is 348 g/mol. The second-order valence-corrected chi connectivity index (χ2v) is 6.43. The molecule has 0 atom stereocenters. The maximum absolute atomic E-state index is 12.3. The van der Waals surface area contributed by atoms with Crippen LogP contribution in [0, 0.1) is 10.1 Å². The fourth-order valence-electron chi connectivity index (χ4n) is 3.21. The van der Waals surface area contributed by atoms with Gasteiger partial charge in [-0.15, -0.1) is 0 Å². The molecule has 0 aromatic heterocycles. The molecule has 0 spiro atoms. The van der Waals surface area contributed by atoms with Crippen molar-refractivity contribution in [2.75, 3.05) is 18.0 Å². The fraction of sp³-hybridized carbons (Fsp3) is 0.263. The van der Waals surface area contributed by atoms with E-state index in [4.69, 9.17) is 5.73 Å². The van der Waals surface area contributed by atoms with Crippen molar-refractivity contribution in [3.05, 3.63) is 69.8 Å². The van der Waals surface area contributed by atoms with E-state index in [1.165, 1.54) is 12.1 Å². The Labute approximate surface area is 156 Å². The highest BCUT2D eigenvalue weighted by molar-refractivity contribution is 5.95. The molecule has 140 valence electrons. The van der Waals surface area contributed by atoms with Crippen molar-refractivity contribution >= 4 is 23.2 Å². The highest BCUT2D eigenvalue weighted by Crippen LogP contribution is 2.31. The molecule has 2 aromatic rings. The van der Waals surface area contributed by atoms with Crippen molar-refractivity contribution in [2.45, 2.75) is 18.9 Å². The van der Waals surface area contributed by atoms with E-state index in [2.05, 4.69) is 5.32 Å². The summed E-state index contributed by atoms with van der Waals surface area (Å²) in [7, 11) is 0. The number of nitro groups is 1. The summed E-state index contributed by atoms with van der Waals surface area (Å²) >= 11 is 0. The van der Waals surface area contributed by atoms with Gasteiger partial charge in [-0.3, -0.25) is 19.7 Å². The smallest absolute Gasteiger partial charge is 0.293 e. The average Bonchev–Trinajstić information content (AvgIpc) is 2.68. The van der Waals surface area contributed by atoms with Crippen LogP contribution in [0.5, 0.6) is 0 Å². The monoisotopic (exact) mass is 368 g/mol. The van der Waals surface area contributed by atoms with E-state index in [-0.39, 0.29) is 23.2 Å². The zero-order chi connectivity index (χ0) is 19.4. The minimum absolute atomic E-state index is 0.0119. The Hall–Kier alpha value is -3.42. The number of nitrogens with zero attached hydrogens (tertiary/aromatic N) is 2. The number of hydrogen-bond acceptors (Lipinski definition) is 5. The van der Waals surface area contributed by atoms with Crippen molar-refractivity contribution in [3.63, 3.8) is 0 Å². The number of amides is 2. The first kappa shape index (κ1) is 18.4. The summed E-state index contributed by atoms with van der Waals surface area (Å²) in [5.74, 6) is -0.821. The van der Waals surface area contributed by atoms with Gasteiger partial charge in [0.2, 0.25) is 5.91 Å². The van der Waals surface area contributed by atoms with Crippen LogP contribution in [-0.4, -0.2) is 35.9 Å². The van der Waals surface area contributed by atoms with E-state index in [0.29, 0.717) is 37.2 Å². The van der Waals surface area contributed by atoms with Gasteiger partial charge in [0.1, 0.15) is 5.69 Å². The Morgan fingerprint density at radius 2 is 1.74 bits per heavy atom. The summed E-state index contributed by atoms with van der Waals surface area (Å²) in [4.78, 5) is 36.3. The summed E-state index contributed by atoms with van der Waals surface area (Å²) in [5.41, 5.74) is 6.24. The van der Waals surface area contributed by atoms with Crippen LogP contribution >= 0.6 is 0 Å². The molecule has 2 amide bonds. The third kappa shape index (κ3) is 4.22. The van der Waals surface area contributed by atoms with Gasteiger partial charge in [0.25, 0.3) is 11.6 Å². The number of rotatable bonds is 5. The minimum Gasteiger partial charge on any atom is -0.366 e. The van der Waals surface area contributed by atoms with Crippen LogP contribution in [0.2, 0.25) is 0 Å². The van der Waals surface area contributed by atoms with Gasteiger partial charge in [0, 0.05) is 36.3 Å². The molecule has 27 heavy (non-hydrogen) atoms. The fourth-order valence-corrected chi connectivity index (χ4v) is 3.21. The lowest BCUT2D eigenvalue weighted by Crippen LogP contribution is -2.44. The molecule has 3 N–H and O–H groups in total. The molecule has 8 nitrogen and oxygen atoms in total. The number of nitrogens with two attached hydrogens (primary N) is 1. The Balaban J connectivity index is 1.66. The molecular formula is C19H20N4O4. The molecule has 0 unspecified atom stereocenters. The predicted molar refractivity (Wildman–Crippen MR) is 101 cm³/mol. The molecule has 1 fully saturated rings. The van der Waals surface area contributed by atoms with Crippen LogP contribution < -0.4 is 16.0 Å². The first-order valence-electron chi connectivity index (χ1n) is 8.65. The summed E-state index contributed by atoms with van der Waals surface area (Å²) in [5, 5.41) is 14.4. The number of nitrogens with one attached hydrogen (secondary N) is 1. The number of nitro benzene ring substituents is 1. The third-order valence-electron chi connectivity index (χ3n) is 4.66. The number of anilines is 1. The summed E-state index contributed by atoms with van der Waals surface area (Å²) < 4.78 is 0. The van der Waals surface area contributed by atoms with Gasteiger partial charge >= 0.3 is 0 Å². The normalized spacial score (nSPS) is 14.6. The van der Waals surface area contributed by atoms with Gasteiger partial charge in [0.15, 0.2) is 0 Å². The van der Waals surface area contributed by atoms with Crippen LogP contribution in [0.4, 0.5) is 11.4 Å². The molecule has 1 aliphatic rings. The van der Waals surface area contributed by atoms with E-state index < -0.39 is 10.8 Å². The molecule has 8 heteroatoms. The summed E-state index contributed by atoms with van der Waals surface area (Å²) in [6.07, 6.45) is 1.35. The second-order valence-electron chi connectivity index (χ2n) is 6.43. The van der Waals surface area contributed by atoms with E-state index in [9.17, 15) is 19.7 Å². The number of primary amides is 1. The molecule has 0 bridgehead atoms. The number of piperidine rings is 1. The number of benzene rings is 2. The largest absolute Gasteiger partial charge is 0.366 e. The second kappa shape index (κ2) is 7.86. The van der Waals surface area contributed by atoms with Crippen LogP contribution in [0.15, 0.2) is 48.5 Å². The topological polar surface area (TPSA) is 119 Å². The zero-order valence-corrected chi connectivity index (χ0v) is 14.6. The maximum atomic E-state index is 12.3. The molecule has 1 aliphatic heterocycles. The Kier molecular flexibility index (Phi) is 5.35. The Morgan fingerprint density at radius 3 is 2.33 bits per heavy atom. The van der Waals surface area contributed by atoms with Crippen molar-refractivity contribution < 1.29 is 14.5 Å². The van der Waals surface area contributed by atoms with Crippen molar-refractivity contribution in [1.82, 2.24) is 5.32 Å². The van der Waals surface area contributed by atoms with Gasteiger partial charge in [0.05, 0.1) is 4.92 Å². The van der Waals surface area contributed by atoms with Crippen molar-refractivity contribution in [2.24, 2.45) is 5.73 Å². The van der Waals surface area contributed by atoms with Gasteiger partial charge in [-0.2, -0.15) is 0 Å². The first-order chi connectivity index (χ1) is 13.0. The zero-order valence-electron chi connectivity index (χ0n) is 14.6. The van der Waals surface area contributed by atoms with E-state index in [1.807, 2.05) is 23.1 Å². The van der Waals surface area contributed by atoms with Crippen LogP contribution in [-0.2, 0) is 0 Å². The Morgan fingerprint density at radius 1 is 1.07 bits per heavy atom. The first-order valence-corrected chi connectivity index (χ1v) is 8.65. The molecule has 1 heterocycles. The maximum Gasteiger partial charge on any atom is 0.293 e. The number of hydrogen-bond donors (Lipinski definition) is 2. The highest BCUT2D eigenvalue weighted by atomic mass is 16.6. The lowest BCUT2D eigenvalue weighted by atomic mass is 10.0. The SMILES string of the molecule is NC(=O)c1ccc(N2CCC(NC(=O)c3ccccc3)CC2)c([N+](=O)[O-])c1. The van der Waals surface area contributed by atoms with Crippen molar-refractivity contribution in [1.29, 1.82) is 0 Å². The van der Waals surface area contributed by atoms with Gasteiger partial charge < -0.3 is 16.0 Å². The standard InChI is InChI=1S/C19H20N4O4/c20-18(24)14-6-7-16(17(12-14)23(26)27)22-10-8-15(9-11-22)21-19(25)13-4-2-1-3-5-13/h1-7,12,15H,8-11H2,(H2,20,24)(H,21,25). The summed E-state index contributed by atoms with van der Waals surface area (Å²) in [6.45, 7) is 1.13. The number of carbonyl (C=O) groups excluding carboxylic acids is 2. The lowest BCUT2D eigenvalue weighted by molar-refractivity contribution is -0.384. The van der Waals surface area contributed by atoms with E-state index in [0.717, 1.165) is 0 Å². The number of carbonyl (C=O) groups is 2. The molecule has 3 rings (SSSR count). The highest BCUT2D eigenvalue weighted by Gasteiger charge is 2.26. The molecule has 1 saturated heterocycles. The molecule has 0 aliphatic carbocycles. The van der Waals surface area contributed by atoms with Crippen LogP contribution in [0.25, 0.3) is 0 Å². The molecule has 0 saturated carbocycles. The van der Waals surface area contributed by atoms with Gasteiger partial charge in [-0.25, -0.2) is 0 Å². The predicted octanol–water partition coefficient (Wildman–Crippen LogP) is 2.09. The van der Waals surface area contributed by atoms with E-state index in [1.54, 1.807) is 18.2 Å². The molecule has 2 aromatic carbocycles. The van der Waals surface area contributed by atoms with Crippen LogP contribution in [0.3, 0.4) is 0 Å². The summed E-state index contributed by atoms with van der Waals surface area (Å²) in [6, 6.07) is 13.3. The Bertz CT molecular complexity index is 861. The lowest BCUT2D eigenvalue weighted by Gasteiger charge is -2.33. The van der Waals surface area contributed by atoms with Crippen LogP contribution in [0.1, 0.15) is 33.6 Å². The minimum atomic E-state index is -0.702.